The van der Waals surface area contributed by atoms with Crippen LogP contribution in [0.3, 0.4) is 0 Å². The Bertz CT molecular complexity index is 326. The van der Waals surface area contributed by atoms with Crippen LogP contribution in [0.4, 0.5) is 0 Å². The van der Waals surface area contributed by atoms with Crippen LogP contribution >= 0.6 is 0 Å². The van der Waals surface area contributed by atoms with Crippen molar-refractivity contribution >= 4 is 0 Å². The van der Waals surface area contributed by atoms with Gasteiger partial charge in [0.05, 0.1) is 0 Å². The Morgan fingerprint density at radius 3 is 2.64 bits per heavy atom. The molecule has 0 heterocycles. The van der Waals surface area contributed by atoms with Crippen molar-refractivity contribution in [2.24, 2.45) is 0 Å². The normalized spacial score (nSPS) is 18.2. The smallest absolute Gasteiger partial charge is 0.0297 e. The van der Waals surface area contributed by atoms with Gasteiger partial charge in [0.15, 0.2) is 0 Å². The summed E-state index contributed by atoms with van der Waals surface area (Å²) < 4.78 is 0. The second kappa shape index (κ2) is 3.74. The quantitative estimate of drug-likeness (QED) is 0.770. The first kappa shape index (κ1) is 9.72. The lowest BCUT2D eigenvalue weighted by Crippen LogP contribution is -2.21. The van der Waals surface area contributed by atoms with Gasteiger partial charge < -0.3 is 5.32 Å². The molecular formula is C13H19N. The Hall–Kier alpha value is -0.820. The molecule has 1 fully saturated rings. The zero-order valence-electron chi connectivity index (χ0n) is 9.30. The second-order valence-corrected chi connectivity index (χ2v) is 4.45. The molecule has 1 aliphatic rings. The van der Waals surface area contributed by atoms with Crippen LogP contribution < -0.4 is 5.32 Å². The number of nitrogens with one attached hydrogen (secondary N) is 1. The van der Waals surface area contributed by atoms with E-state index in [-0.39, 0.29) is 0 Å². The molecule has 1 nitrogen and oxygen atoms in total. The molecule has 0 aromatic heterocycles. The third kappa shape index (κ3) is 1.98. The minimum absolute atomic E-state index is 0.502. The summed E-state index contributed by atoms with van der Waals surface area (Å²) in [7, 11) is 0. The minimum Gasteiger partial charge on any atom is -0.307 e. The van der Waals surface area contributed by atoms with Crippen molar-refractivity contribution in [3.05, 3.63) is 34.9 Å². The van der Waals surface area contributed by atoms with Crippen molar-refractivity contribution in [1.29, 1.82) is 0 Å². The third-order valence-corrected chi connectivity index (χ3v) is 3.18. The topological polar surface area (TPSA) is 12.0 Å². The van der Waals surface area contributed by atoms with E-state index < -0.39 is 0 Å². The van der Waals surface area contributed by atoms with Gasteiger partial charge in [-0.25, -0.2) is 0 Å². The molecule has 76 valence electrons. The van der Waals surface area contributed by atoms with Gasteiger partial charge in [-0.1, -0.05) is 18.2 Å². The largest absolute Gasteiger partial charge is 0.307 e. The van der Waals surface area contributed by atoms with Crippen LogP contribution in [-0.2, 0) is 0 Å². The number of rotatable bonds is 3. The van der Waals surface area contributed by atoms with E-state index in [2.05, 4.69) is 44.3 Å². The van der Waals surface area contributed by atoms with Gasteiger partial charge in [0, 0.05) is 12.1 Å². The van der Waals surface area contributed by atoms with Crippen LogP contribution in [-0.4, -0.2) is 6.04 Å². The lowest BCUT2D eigenvalue weighted by atomic mass is 9.98. The summed E-state index contributed by atoms with van der Waals surface area (Å²) in [5.41, 5.74) is 4.29. The number of aryl methyl sites for hydroxylation is 1. The standard InChI is InChI=1S/C13H19N/c1-9-5-4-6-13(10(9)2)11(3)14-12-7-8-12/h4-6,11-12,14H,7-8H2,1-3H3. The van der Waals surface area contributed by atoms with Gasteiger partial charge in [-0.15, -0.1) is 0 Å². The molecule has 0 bridgehead atoms. The molecule has 1 aliphatic carbocycles. The van der Waals surface area contributed by atoms with Crippen LogP contribution in [0.2, 0.25) is 0 Å². The average Bonchev–Trinajstić information content (AvgIpc) is 2.93. The summed E-state index contributed by atoms with van der Waals surface area (Å²) in [5.74, 6) is 0. The highest BCUT2D eigenvalue weighted by Gasteiger charge is 2.23. The van der Waals surface area contributed by atoms with E-state index >= 15 is 0 Å². The van der Waals surface area contributed by atoms with Gasteiger partial charge in [0.2, 0.25) is 0 Å². The van der Waals surface area contributed by atoms with Gasteiger partial charge in [0.1, 0.15) is 0 Å². The number of hydrogen-bond donors (Lipinski definition) is 1. The van der Waals surface area contributed by atoms with E-state index in [0.717, 1.165) is 6.04 Å². The lowest BCUT2D eigenvalue weighted by Gasteiger charge is -2.17. The Balaban J connectivity index is 2.16. The SMILES string of the molecule is Cc1cccc(C(C)NC2CC2)c1C. The van der Waals surface area contributed by atoms with Gasteiger partial charge in [-0.05, 0) is 50.3 Å². The zero-order valence-corrected chi connectivity index (χ0v) is 9.30. The van der Waals surface area contributed by atoms with E-state index in [0.29, 0.717) is 6.04 Å². The molecular weight excluding hydrogens is 170 g/mol. The highest BCUT2D eigenvalue weighted by Crippen LogP contribution is 2.26. The van der Waals surface area contributed by atoms with E-state index in [4.69, 9.17) is 0 Å². The molecule has 1 aromatic rings. The van der Waals surface area contributed by atoms with Crippen molar-refractivity contribution in [2.75, 3.05) is 0 Å². The van der Waals surface area contributed by atoms with Crippen molar-refractivity contribution in [3.63, 3.8) is 0 Å². The molecule has 0 saturated heterocycles. The number of hydrogen-bond acceptors (Lipinski definition) is 1. The Morgan fingerprint density at radius 2 is 2.00 bits per heavy atom. The van der Waals surface area contributed by atoms with Crippen LogP contribution in [0.5, 0.6) is 0 Å². The molecule has 1 heteroatoms. The highest BCUT2D eigenvalue weighted by atomic mass is 15.0. The van der Waals surface area contributed by atoms with Gasteiger partial charge >= 0.3 is 0 Å². The van der Waals surface area contributed by atoms with E-state index in [1.807, 2.05) is 0 Å². The van der Waals surface area contributed by atoms with E-state index in [1.54, 1.807) is 0 Å². The molecule has 1 atom stereocenters. The fourth-order valence-electron chi connectivity index (χ4n) is 1.94. The van der Waals surface area contributed by atoms with Crippen LogP contribution in [0.25, 0.3) is 0 Å². The Morgan fingerprint density at radius 1 is 1.29 bits per heavy atom. The maximum absolute atomic E-state index is 3.64. The Kier molecular flexibility index (Phi) is 2.60. The summed E-state index contributed by atoms with van der Waals surface area (Å²) in [6.07, 6.45) is 2.71. The first-order valence-corrected chi connectivity index (χ1v) is 5.50. The summed E-state index contributed by atoms with van der Waals surface area (Å²) in [6.45, 7) is 6.67. The summed E-state index contributed by atoms with van der Waals surface area (Å²) in [4.78, 5) is 0. The zero-order chi connectivity index (χ0) is 10.1. The van der Waals surface area contributed by atoms with Gasteiger partial charge in [-0.2, -0.15) is 0 Å². The first-order chi connectivity index (χ1) is 6.68. The fourth-order valence-corrected chi connectivity index (χ4v) is 1.94. The van der Waals surface area contributed by atoms with Crippen molar-refractivity contribution in [1.82, 2.24) is 5.32 Å². The fraction of sp³-hybridized carbons (Fsp3) is 0.538. The van der Waals surface area contributed by atoms with Gasteiger partial charge in [-0.3, -0.25) is 0 Å². The molecule has 0 spiro atoms. The van der Waals surface area contributed by atoms with Crippen molar-refractivity contribution < 1.29 is 0 Å². The van der Waals surface area contributed by atoms with E-state index in [9.17, 15) is 0 Å². The summed E-state index contributed by atoms with van der Waals surface area (Å²) in [6, 6.07) is 7.86. The van der Waals surface area contributed by atoms with Crippen LogP contribution in [0.1, 0.15) is 42.5 Å². The second-order valence-electron chi connectivity index (χ2n) is 4.45. The highest BCUT2D eigenvalue weighted by molar-refractivity contribution is 5.35. The molecule has 1 aromatic carbocycles. The maximum Gasteiger partial charge on any atom is 0.0297 e. The summed E-state index contributed by atoms with van der Waals surface area (Å²) in [5, 5.41) is 3.64. The van der Waals surface area contributed by atoms with E-state index in [1.165, 1.54) is 29.5 Å². The van der Waals surface area contributed by atoms with Crippen LogP contribution in [0, 0.1) is 13.8 Å². The van der Waals surface area contributed by atoms with Crippen molar-refractivity contribution in [3.8, 4) is 0 Å². The molecule has 14 heavy (non-hydrogen) atoms. The third-order valence-electron chi connectivity index (χ3n) is 3.18. The average molecular weight is 189 g/mol. The molecule has 1 N–H and O–H groups in total. The molecule has 0 aliphatic heterocycles. The lowest BCUT2D eigenvalue weighted by molar-refractivity contribution is 0.568. The van der Waals surface area contributed by atoms with Crippen LogP contribution in [0.15, 0.2) is 18.2 Å². The molecule has 1 saturated carbocycles. The molecule has 2 rings (SSSR count). The summed E-state index contributed by atoms with van der Waals surface area (Å²) >= 11 is 0. The Labute approximate surface area is 86.5 Å². The molecule has 0 radical (unpaired) electrons. The van der Waals surface area contributed by atoms with Gasteiger partial charge in [0.25, 0.3) is 0 Å². The predicted molar refractivity (Wildman–Crippen MR) is 60.5 cm³/mol. The molecule has 1 unspecified atom stereocenters. The minimum atomic E-state index is 0.502. The number of benzene rings is 1. The monoisotopic (exact) mass is 189 g/mol. The maximum atomic E-state index is 3.64. The predicted octanol–water partition coefficient (Wildman–Crippen LogP) is 3.12. The molecule has 0 amide bonds. The first-order valence-electron chi connectivity index (χ1n) is 5.50. The van der Waals surface area contributed by atoms with Crippen molar-refractivity contribution in [2.45, 2.75) is 45.7 Å².